The van der Waals surface area contributed by atoms with Crippen molar-refractivity contribution in [3.8, 4) is 55.6 Å². The molecule has 482 valence electrons. The van der Waals surface area contributed by atoms with Crippen LogP contribution in [0.15, 0.2) is 171 Å². The van der Waals surface area contributed by atoms with E-state index in [9.17, 15) is 0 Å². The molecule has 8 aromatic carbocycles. The van der Waals surface area contributed by atoms with E-state index in [2.05, 4.69) is 199 Å². The molecule has 0 unspecified atom stereocenters. The third-order valence-electron chi connectivity index (χ3n) is 24.0. The Bertz CT molecular complexity index is 3850. The molecular weight excluding hydrogens is 1120 g/mol. The van der Waals surface area contributed by atoms with Gasteiger partial charge in [-0.05, 0) is 276 Å². The lowest BCUT2D eigenvalue weighted by Gasteiger charge is -2.34. The molecule has 8 aromatic rings. The number of aryl methyl sites for hydroxylation is 8. The standard InChI is InChI=1S/C93H110/c1-7-11-15-17-19-27-55-92(56-28-20-18-16-12-8-2)86-60-68(6)34-48-80(86)82-50-44-76(64-88(82)92)78-46-52-84-83-51-45-77(75-43-49-81-79-47-33-67(5)59-85(79)91(87(81)63-75,53-25-13-9-3)54-26-14-10-4)65-89(83)93(90(84)66-78,57-29-21-23-31-69-35-37-71-39-41-73(71)61-69)58-30-22-24-32-70-36-38-72-40-42-74(72)62-70/h9-10,33-38,43-52,59-66H,3-4,7-8,11-32,39-42,53-58H2,1-2,5-6H3. The summed E-state index contributed by atoms with van der Waals surface area (Å²) in [5.74, 6) is 0. The molecule has 13 rings (SSSR count). The number of unbranched alkanes of at least 4 members (excludes halogenated alkanes) is 16. The highest BCUT2D eigenvalue weighted by Crippen LogP contribution is 2.60. The van der Waals surface area contributed by atoms with Crippen molar-refractivity contribution in [2.75, 3.05) is 0 Å². The lowest BCUT2D eigenvalue weighted by molar-refractivity contribution is 0.398. The zero-order valence-electron chi connectivity index (χ0n) is 58.0. The van der Waals surface area contributed by atoms with E-state index in [-0.39, 0.29) is 16.2 Å². The summed E-state index contributed by atoms with van der Waals surface area (Å²) in [6.45, 7) is 17.7. The molecule has 5 aliphatic rings. The van der Waals surface area contributed by atoms with Crippen LogP contribution >= 0.6 is 0 Å². The van der Waals surface area contributed by atoms with Gasteiger partial charge in [-0.15, -0.1) is 13.2 Å². The first-order chi connectivity index (χ1) is 45.7. The van der Waals surface area contributed by atoms with Gasteiger partial charge in [-0.1, -0.05) is 261 Å². The summed E-state index contributed by atoms with van der Waals surface area (Å²) in [6.07, 6.45) is 46.5. The zero-order chi connectivity index (χ0) is 63.8. The number of benzene rings is 8. The molecule has 0 amide bonds. The van der Waals surface area contributed by atoms with Gasteiger partial charge in [-0.3, -0.25) is 0 Å². The molecule has 0 radical (unpaired) electrons. The minimum Gasteiger partial charge on any atom is -0.103 e. The molecule has 5 aliphatic carbocycles. The molecule has 0 fully saturated rings. The number of allylic oxidation sites excluding steroid dienone is 2. The van der Waals surface area contributed by atoms with Crippen molar-refractivity contribution in [1.82, 2.24) is 0 Å². The average Bonchev–Trinajstić information content (AvgIpc) is 1.58. The van der Waals surface area contributed by atoms with Gasteiger partial charge in [-0.2, -0.15) is 0 Å². The van der Waals surface area contributed by atoms with Crippen LogP contribution in [0.5, 0.6) is 0 Å². The minimum atomic E-state index is -0.116. The maximum Gasteiger partial charge on any atom is 0.0215 e. The van der Waals surface area contributed by atoms with Gasteiger partial charge in [0.25, 0.3) is 0 Å². The fourth-order valence-electron chi connectivity index (χ4n) is 18.6. The SMILES string of the molecule is C=CCCCC1(CCCC=C)c2cc(C)ccc2-c2ccc(-c3ccc4c(c3)C(CCCCCc3ccc5c(c3)CC5)(CCCCCc3ccc5c(c3)CC5)c3cc(-c5ccc6c(c5)C(CCCCCCCC)(CCCCCCCC)c5cc(C)ccc5-6)ccc3-4)cc21. The van der Waals surface area contributed by atoms with E-state index in [0.29, 0.717) is 0 Å². The van der Waals surface area contributed by atoms with Crippen molar-refractivity contribution in [3.63, 3.8) is 0 Å². The van der Waals surface area contributed by atoms with Crippen LogP contribution in [-0.2, 0) is 54.8 Å². The summed E-state index contributed by atoms with van der Waals surface area (Å²) in [4.78, 5) is 0. The highest BCUT2D eigenvalue weighted by atomic mass is 14.5. The topological polar surface area (TPSA) is 0 Å². The number of fused-ring (bicyclic) bond motifs is 11. The van der Waals surface area contributed by atoms with Gasteiger partial charge >= 0.3 is 0 Å². The van der Waals surface area contributed by atoms with E-state index in [4.69, 9.17) is 0 Å². The fourth-order valence-corrected chi connectivity index (χ4v) is 18.6. The molecule has 0 atom stereocenters. The van der Waals surface area contributed by atoms with E-state index in [1.54, 1.807) is 44.5 Å². The monoisotopic (exact) mass is 1230 g/mol. The van der Waals surface area contributed by atoms with Crippen molar-refractivity contribution >= 4 is 0 Å². The second kappa shape index (κ2) is 29.5. The predicted molar refractivity (Wildman–Crippen MR) is 402 cm³/mol. The van der Waals surface area contributed by atoms with Crippen LogP contribution in [0.25, 0.3) is 55.6 Å². The molecule has 0 heteroatoms. The molecule has 0 aliphatic heterocycles. The smallest absolute Gasteiger partial charge is 0.0215 e. The van der Waals surface area contributed by atoms with Crippen LogP contribution in [0.2, 0.25) is 0 Å². The highest BCUT2D eigenvalue weighted by molar-refractivity contribution is 5.90. The summed E-state index contributed by atoms with van der Waals surface area (Å²) in [5, 5.41) is 0. The Labute approximate surface area is 563 Å². The lowest BCUT2D eigenvalue weighted by atomic mass is 9.69. The average molecular weight is 1230 g/mol. The molecule has 0 aromatic heterocycles. The van der Waals surface area contributed by atoms with Crippen molar-refractivity contribution in [2.45, 2.75) is 262 Å². The molecule has 0 spiro atoms. The molecule has 0 nitrogen and oxygen atoms in total. The first-order valence-corrected chi connectivity index (χ1v) is 37.9. The van der Waals surface area contributed by atoms with E-state index in [0.717, 1.165) is 38.5 Å². The van der Waals surface area contributed by atoms with Gasteiger partial charge in [0, 0.05) is 16.2 Å². The Kier molecular flexibility index (Phi) is 20.6. The second-order valence-corrected chi connectivity index (χ2v) is 30.1. The third-order valence-corrected chi connectivity index (χ3v) is 24.0. The van der Waals surface area contributed by atoms with Gasteiger partial charge in [0.2, 0.25) is 0 Å². The first-order valence-electron chi connectivity index (χ1n) is 37.9. The van der Waals surface area contributed by atoms with Crippen molar-refractivity contribution in [3.05, 3.63) is 249 Å². The Morgan fingerprint density at radius 2 is 0.581 bits per heavy atom. The molecule has 0 saturated heterocycles. The van der Waals surface area contributed by atoms with E-state index < -0.39 is 0 Å². The van der Waals surface area contributed by atoms with Crippen LogP contribution in [0, 0.1) is 13.8 Å². The quantitative estimate of drug-likeness (QED) is 0.0271. The third kappa shape index (κ3) is 13.2. The fraction of sp³-hybridized carbons (Fsp3) is 0.441. The van der Waals surface area contributed by atoms with Gasteiger partial charge in [0.15, 0.2) is 0 Å². The minimum absolute atomic E-state index is 0.0343. The summed E-state index contributed by atoms with van der Waals surface area (Å²) >= 11 is 0. The molecule has 0 N–H and O–H groups in total. The molecule has 0 heterocycles. The summed E-state index contributed by atoms with van der Waals surface area (Å²) in [6, 6.07) is 60.7. The molecular formula is C93H110. The maximum absolute atomic E-state index is 4.20. The van der Waals surface area contributed by atoms with Crippen LogP contribution in [0.1, 0.15) is 272 Å². The summed E-state index contributed by atoms with van der Waals surface area (Å²) < 4.78 is 0. The van der Waals surface area contributed by atoms with E-state index in [1.165, 1.54) is 269 Å². The van der Waals surface area contributed by atoms with Gasteiger partial charge in [-0.25, -0.2) is 0 Å². The Hall–Kier alpha value is -6.76. The van der Waals surface area contributed by atoms with Crippen molar-refractivity contribution < 1.29 is 0 Å². The predicted octanol–water partition coefficient (Wildman–Crippen LogP) is 26.5. The van der Waals surface area contributed by atoms with Gasteiger partial charge in [0.1, 0.15) is 0 Å². The van der Waals surface area contributed by atoms with Gasteiger partial charge < -0.3 is 0 Å². The number of hydrogen-bond donors (Lipinski definition) is 0. The van der Waals surface area contributed by atoms with Crippen LogP contribution < -0.4 is 0 Å². The number of rotatable bonds is 36. The maximum atomic E-state index is 4.20. The van der Waals surface area contributed by atoms with Crippen LogP contribution in [0.3, 0.4) is 0 Å². The Balaban J connectivity index is 0.904. The van der Waals surface area contributed by atoms with E-state index >= 15 is 0 Å². The molecule has 93 heavy (non-hydrogen) atoms. The normalized spacial score (nSPS) is 15.1. The lowest BCUT2D eigenvalue weighted by Crippen LogP contribution is -2.26. The summed E-state index contributed by atoms with van der Waals surface area (Å²) in [7, 11) is 0. The largest absolute Gasteiger partial charge is 0.103 e. The molecule has 0 saturated carbocycles. The second-order valence-electron chi connectivity index (χ2n) is 30.1. The number of hydrogen-bond acceptors (Lipinski definition) is 0. The Morgan fingerprint density at radius 3 is 0.892 bits per heavy atom. The van der Waals surface area contributed by atoms with Crippen LogP contribution in [-0.4, -0.2) is 0 Å². The zero-order valence-corrected chi connectivity index (χ0v) is 58.0. The van der Waals surface area contributed by atoms with Crippen LogP contribution in [0.4, 0.5) is 0 Å². The van der Waals surface area contributed by atoms with Crippen molar-refractivity contribution in [2.24, 2.45) is 0 Å². The van der Waals surface area contributed by atoms with Crippen molar-refractivity contribution in [1.29, 1.82) is 0 Å². The first kappa shape index (κ1) is 64.9. The highest BCUT2D eigenvalue weighted by Gasteiger charge is 2.46. The molecule has 0 bridgehead atoms. The Morgan fingerprint density at radius 1 is 0.290 bits per heavy atom. The summed E-state index contributed by atoms with van der Waals surface area (Å²) in [5.41, 5.74) is 35.8. The van der Waals surface area contributed by atoms with E-state index in [1.807, 2.05) is 0 Å². The van der Waals surface area contributed by atoms with Gasteiger partial charge in [0.05, 0.1) is 0 Å².